The molecule has 0 aromatic heterocycles. The van der Waals surface area contributed by atoms with Gasteiger partial charge in [-0.3, -0.25) is 0 Å². The number of hydrogen-bond acceptors (Lipinski definition) is 6. The molecular formula is C9H16O7. The Kier molecular flexibility index (Phi) is 4.63. The number of aliphatic hydroxyl groups excluding tert-OH is 1. The SMILES string of the molecule is CO[C@@H]1[C@@H](OC)[C@H](C(=O)O)O[C@H](O)[C@H]1OC. The molecule has 0 spiro atoms. The monoisotopic (exact) mass is 236 g/mol. The van der Waals surface area contributed by atoms with Crippen molar-refractivity contribution in [3.63, 3.8) is 0 Å². The topological polar surface area (TPSA) is 94.5 Å². The number of rotatable bonds is 4. The van der Waals surface area contributed by atoms with E-state index in [1.165, 1.54) is 21.3 Å². The minimum atomic E-state index is -1.36. The van der Waals surface area contributed by atoms with Crippen molar-refractivity contribution >= 4 is 5.97 Å². The third kappa shape index (κ3) is 2.33. The van der Waals surface area contributed by atoms with Crippen LogP contribution < -0.4 is 0 Å². The Bertz CT molecular complexity index is 244. The van der Waals surface area contributed by atoms with Crippen LogP contribution in [0.15, 0.2) is 0 Å². The van der Waals surface area contributed by atoms with Crippen LogP contribution in [0, 0.1) is 0 Å². The van der Waals surface area contributed by atoms with Gasteiger partial charge in [-0.15, -0.1) is 0 Å². The van der Waals surface area contributed by atoms with E-state index in [1.807, 2.05) is 0 Å². The lowest BCUT2D eigenvalue weighted by molar-refractivity contribution is -0.292. The first-order chi connectivity index (χ1) is 7.56. The molecule has 0 bridgehead atoms. The maximum atomic E-state index is 10.9. The summed E-state index contributed by atoms with van der Waals surface area (Å²) in [5, 5.41) is 18.5. The molecule has 0 aliphatic carbocycles. The molecule has 2 N–H and O–H groups in total. The van der Waals surface area contributed by atoms with Gasteiger partial charge in [-0.25, -0.2) is 4.79 Å². The van der Waals surface area contributed by atoms with Crippen LogP contribution in [0.4, 0.5) is 0 Å². The summed E-state index contributed by atoms with van der Waals surface area (Å²) in [6, 6.07) is 0. The van der Waals surface area contributed by atoms with Crippen molar-refractivity contribution in [3.8, 4) is 0 Å². The Hall–Kier alpha value is -0.730. The van der Waals surface area contributed by atoms with Crippen LogP contribution in [-0.2, 0) is 23.7 Å². The fraction of sp³-hybridized carbons (Fsp3) is 0.889. The van der Waals surface area contributed by atoms with Crippen molar-refractivity contribution in [1.82, 2.24) is 0 Å². The van der Waals surface area contributed by atoms with Crippen molar-refractivity contribution in [2.45, 2.75) is 30.7 Å². The first kappa shape index (κ1) is 13.3. The van der Waals surface area contributed by atoms with Gasteiger partial charge in [-0.05, 0) is 0 Å². The number of hydrogen-bond donors (Lipinski definition) is 2. The summed E-state index contributed by atoms with van der Waals surface area (Å²) in [5.41, 5.74) is 0. The third-order valence-corrected chi connectivity index (χ3v) is 2.57. The smallest absolute Gasteiger partial charge is 0.335 e. The number of aliphatic carboxylic acids is 1. The molecule has 0 unspecified atom stereocenters. The maximum Gasteiger partial charge on any atom is 0.335 e. The molecule has 7 heteroatoms. The Labute approximate surface area is 92.9 Å². The number of ether oxygens (including phenoxy) is 4. The summed E-state index contributed by atoms with van der Waals surface area (Å²) >= 11 is 0. The molecule has 1 aliphatic rings. The number of aliphatic hydroxyl groups is 1. The molecule has 0 aromatic carbocycles. The van der Waals surface area contributed by atoms with Crippen LogP contribution in [0.5, 0.6) is 0 Å². The summed E-state index contributed by atoms with van der Waals surface area (Å²) in [6.07, 6.45) is -4.97. The van der Waals surface area contributed by atoms with Crippen LogP contribution in [-0.4, -0.2) is 68.2 Å². The molecule has 1 fully saturated rings. The zero-order chi connectivity index (χ0) is 12.3. The quantitative estimate of drug-likeness (QED) is 0.635. The first-order valence-electron chi connectivity index (χ1n) is 4.71. The largest absolute Gasteiger partial charge is 0.479 e. The predicted molar refractivity (Wildman–Crippen MR) is 50.9 cm³/mol. The Morgan fingerprint density at radius 3 is 1.94 bits per heavy atom. The Balaban J connectivity index is 2.91. The van der Waals surface area contributed by atoms with Gasteiger partial charge in [0, 0.05) is 21.3 Å². The molecule has 7 nitrogen and oxygen atoms in total. The first-order valence-corrected chi connectivity index (χ1v) is 4.71. The van der Waals surface area contributed by atoms with E-state index in [-0.39, 0.29) is 0 Å². The number of methoxy groups -OCH3 is 3. The van der Waals surface area contributed by atoms with Crippen molar-refractivity contribution in [1.29, 1.82) is 0 Å². The van der Waals surface area contributed by atoms with Gasteiger partial charge in [-0.2, -0.15) is 0 Å². The van der Waals surface area contributed by atoms with E-state index in [0.29, 0.717) is 0 Å². The Morgan fingerprint density at radius 2 is 1.56 bits per heavy atom. The van der Waals surface area contributed by atoms with Crippen molar-refractivity contribution in [2.75, 3.05) is 21.3 Å². The van der Waals surface area contributed by atoms with Crippen LogP contribution >= 0.6 is 0 Å². The van der Waals surface area contributed by atoms with Gasteiger partial charge in [0.25, 0.3) is 0 Å². The van der Waals surface area contributed by atoms with Crippen LogP contribution in [0.3, 0.4) is 0 Å². The fourth-order valence-corrected chi connectivity index (χ4v) is 1.80. The molecule has 1 rings (SSSR count). The molecule has 1 heterocycles. The molecule has 0 radical (unpaired) electrons. The fourth-order valence-electron chi connectivity index (χ4n) is 1.80. The number of carbonyl (C=O) groups is 1. The highest BCUT2D eigenvalue weighted by Crippen LogP contribution is 2.25. The zero-order valence-corrected chi connectivity index (χ0v) is 9.32. The second-order valence-electron chi connectivity index (χ2n) is 3.39. The highest BCUT2D eigenvalue weighted by atomic mass is 16.7. The Morgan fingerprint density at radius 1 is 1.06 bits per heavy atom. The molecule has 1 aliphatic heterocycles. The van der Waals surface area contributed by atoms with E-state index in [1.54, 1.807) is 0 Å². The van der Waals surface area contributed by atoms with Gasteiger partial charge in [-0.1, -0.05) is 0 Å². The minimum Gasteiger partial charge on any atom is -0.479 e. The van der Waals surface area contributed by atoms with E-state index in [2.05, 4.69) is 0 Å². The average Bonchev–Trinajstić information content (AvgIpc) is 2.27. The van der Waals surface area contributed by atoms with Gasteiger partial charge in [0.05, 0.1) is 0 Å². The maximum absolute atomic E-state index is 10.9. The molecule has 16 heavy (non-hydrogen) atoms. The summed E-state index contributed by atoms with van der Waals surface area (Å²) in [6.45, 7) is 0. The standard InChI is InChI=1S/C9H16O7/c1-13-4-5(14-2)7(15-3)9(12)16-6(4)8(10)11/h4-7,9,12H,1-3H3,(H,10,11)/t4-,5-,6-,7+,9+/m1/s1. The van der Waals surface area contributed by atoms with E-state index < -0.39 is 36.7 Å². The molecule has 0 amide bonds. The molecular weight excluding hydrogens is 220 g/mol. The summed E-state index contributed by atoms with van der Waals surface area (Å²) in [7, 11) is 4.11. The van der Waals surface area contributed by atoms with Crippen molar-refractivity contribution in [2.24, 2.45) is 0 Å². The van der Waals surface area contributed by atoms with Crippen LogP contribution in [0.1, 0.15) is 0 Å². The minimum absolute atomic E-state index is 0.708. The van der Waals surface area contributed by atoms with Gasteiger partial charge < -0.3 is 29.2 Å². The van der Waals surface area contributed by atoms with Gasteiger partial charge in [0.1, 0.15) is 18.3 Å². The van der Waals surface area contributed by atoms with Gasteiger partial charge in [0.15, 0.2) is 12.4 Å². The van der Waals surface area contributed by atoms with E-state index >= 15 is 0 Å². The van der Waals surface area contributed by atoms with Crippen molar-refractivity contribution < 1.29 is 34.0 Å². The average molecular weight is 236 g/mol. The van der Waals surface area contributed by atoms with Gasteiger partial charge >= 0.3 is 5.97 Å². The summed E-state index contributed by atoms with van der Waals surface area (Å²) < 4.78 is 20.0. The van der Waals surface area contributed by atoms with Gasteiger partial charge in [0.2, 0.25) is 0 Å². The molecule has 94 valence electrons. The van der Waals surface area contributed by atoms with E-state index in [4.69, 9.17) is 24.1 Å². The second kappa shape index (κ2) is 5.55. The highest BCUT2D eigenvalue weighted by Gasteiger charge is 2.49. The zero-order valence-electron chi connectivity index (χ0n) is 9.32. The van der Waals surface area contributed by atoms with Crippen molar-refractivity contribution in [3.05, 3.63) is 0 Å². The van der Waals surface area contributed by atoms with E-state index in [0.717, 1.165) is 0 Å². The predicted octanol–water partition coefficient (Wildman–Crippen LogP) is -1.17. The number of carboxylic acid groups (broad SMARTS) is 1. The summed E-state index contributed by atoms with van der Waals surface area (Å²) in [5.74, 6) is -1.22. The molecule has 5 atom stereocenters. The molecule has 0 saturated carbocycles. The second-order valence-corrected chi connectivity index (χ2v) is 3.39. The normalized spacial score (nSPS) is 39.6. The lowest BCUT2D eigenvalue weighted by Gasteiger charge is -2.41. The van der Waals surface area contributed by atoms with Crippen LogP contribution in [0.25, 0.3) is 0 Å². The molecule has 0 aromatic rings. The van der Waals surface area contributed by atoms with Crippen LogP contribution in [0.2, 0.25) is 0 Å². The lowest BCUT2D eigenvalue weighted by Crippen LogP contribution is -2.61. The third-order valence-electron chi connectivity index (χ3n) is 2.57. The van der Waals surface area contributed by atoms with E-state index in [9.17, 15) is 9.90 Å². The lowest BCUT2D eigenvalue weighted by atomic mass is 9.98. The molecule has 1 saturated heterocycles. The highest BCUT2D eigenvalue weighted by molar-refractivity contribution is 5.73. The number of carboxylic acids is 1. The summed E-state index contributed by atoms with van der Waals surface area (Å²) in [4.78, 5) is 10.9.